The lowest BCUT2D eigenvalue weighted by molar-refractivity contribution is 0.391. The fourth-order valence-corrected chi connectivity index (χ4v) is 2.97. The molecule has 0 aliphatic rings. The number of nitrogens with zero attached hydrogens (tertiary/aromatic N) is 5. The summed E-state index contributed by atoms with van der Waals surface area (Å²) < 4.78 is 12.5. The summed E-state index contributed by atoms with van der Waals surface area (Å²) >= 11 is 0. The Morgan fingerprint density at radius 3 is 2.96 bits per heavy atom. The largest absolute Gasteiger partial charge is 0.481 e. The van der Waals surface area contributed by atoms with E-state index in [2.05, 4.69) is 25.4 Å². The summed E-state index contributed by atoms with van der Waals surface area (Å²) in [6.07, 6.45) is 3.64. The van der Waals surface area contributed by atoms with E-state index >= 15 is 0 Å². The molecule has 0 aliphatic heterocycles. The average molecular weight is 365 g/mol. The van der Waals surface area contributed by atoms with E-state index in [0.29, 0.717) is 24.8 Å². The summed E-state index contributed by atoms with van der Waals surface area (Å²) in [5, 5.41) is 7.27. The Morgan fingerprint density at radius 2 is 2.19 bits per heavy atom. The van der Waals surface area contributed by atoms with Crippen LogP contribution in [0.5, 0.6) is 5.88 Å². The summed E-state index contributed by atoms with van der Waals surface area (Å²) in [5.74, 6) is 2.18. The summed E-state index contributed by atoms with van der Waals surface area (Å²) in [6.45, 7) is 2.87. The van der Waals surface area contributed by atoms with Crippen LogP contribution in [0, 0.1) is 6.92 Å². The normalized spacial score (nSPS) is 11.0. The van der Waals surface area contributed by atoms with Crippen molar-refractivity contribution >= 4 is 22.8 Å². The number of hydrogen-bond donors (Lipinski definition) is 2. The molecule has 9 nitrogen and oxygen atoms in total. The molecular formula is C18H19N7O2. The fourth-order valence-electron chi connectivity index (χ4n) is 2.97. The molecule has 0 aliphatic carbocycles. The van der Waals surface area contributed by atoms with Crippen molar-refractivity contribution in [2.24, 2.45) is 0 Å². The number of aromatic nitrogens is 5. The summed E-state index contributed by atoms with van der Waals surface area (Å²) in [5.41, 5.74) is 9.20. The highest BCUT2D eigenvalue weighted by Crippen LogP contribution is 2.25. The first-order valence-corrected chi connectivity index (χ1v) is 8.40. The summed E-state index contributed by atoms with van der Waals surface area (Å²) in [7, 11) is 1.61. The third-order valence-corrected chi connectivity index (χ3v) is 4.13. The monoisotopic (exact) mass is 365 g/mol. The van der Waals surface area contributed by atoms with Crippen LogP contribution >= 0.6 is 0 Å². The molecule has 0 radical (unpaired) electrons. The Morgan fingerprint density at radius 1 is 1.30 bits per heavy atom. The maximum Gasteiger partial charge on any atom is 0.222 e. The van der Waals surface area contributed by atoms with Crippen LogP contribution < -0.4 is 15.8 Å². The number of nitrogen functional groups attached to an aromatic ring is 1. The molecule has 9 heteroatoms. The third-order valence-electron chi connectivity index (χ3n) is 4.13. The van der Waals surface area contributed by atoms with Crippen molar-refractivity contribution in [3.63, 3.8) is 0 Å². The summed E-state index contributed by atoms with van der Waals surface area (Å²) in [6, 6.07) is 7.63. The Hall–Kier alpha value is -3.62. The van der Waals surface area contributed by atoms with Crippen LogP contribution in [-0.4, -0.2) is 31.8 Å². The number of nitrogens with one attached hydrogen (secondary N) is 1. The van der Waals surface area contributed by atoms with Gasteiger partial charge in [-0.25, -0.2) is 9.97 Å². The van der Waals surface area contributed by atoms with Gasteiger partial charge >= 0.3 is 0 Å². The summed E-state index contributed by atoms with van der Waals surface area (Å²) in [4.78, 5) is 12.9. The first-order valence-electron chi connectivity index (χ1n) is 8.40. The first kappa shape index (κ1) is 16.8. The van der Waals surface area contributed by atoms with Crippen molar-refractivity contribution in [3.8, 4) is 5.88 Å². The van der Waals surface area contributed by atoms with Gasteiger partial charge in [-0.3, -0.25) is 0 Å². The molecule has 4 aromatic heterocycles. The minimum absolute atomic E-state index is 0.207. The number of anilines is 2. The van der Waals surface area contributed by atoms with Gasteiger partial charge in [-0.2, -0.15) is 4.98 Å². The molecule has 0 saturated carbocycles. The second kappa shape index (κ2) is 6.94. The van der Waals surface area contributed by atoms with Gasteiger partial charge in [0, 0.05) is 24.0 Å². The first-order chi connectivity index (χ1) is 13.1. The predicted octanol–water partition coefficient (Wildman–Crippen LogP) is 2.37. The molecule has 0 bridgehead atoms. The number of hydrogen-bond acceptors (Lipinski definition) is 8. The highest BCUT2D eigenvalue weighted by atomic mass is 16.5. The van der Waals surface area contributed by atoms with E-state index in [1.807, 2.05) is 42.0 Å². The molecule has 0 amide bonds. The number of methoxy groups -OCH3 is 1. The number of pyridine rings is 1. The van der Waals surface area contributed by atoms with Crippen molar-refractivity contribution in [1.29, 1.82) is 0 Å². The van der Waals surface area contributed by atoms with Gasteiger partial charge in [0.15, 0.2) is 5.82 Å². The van der Waals surface area contributed by atoms with Gasteiger partial charge in [-0.05, 0) is 19.1 Å². The maximum absolute atomic E-state index is 5.87. The second-order valence-electron chi connectivity index (χ2n) is 6.06. The highest BCUT2D eigenvalue weighted by molar-refractivity contribution is 5.87. The quantitative estimate of drug-likeness (QED) is 0.535. The Balaban J connectivity index is 1.69. The fraction of sp³-hybridized carbons (Fsp3) is 0.222. The number of nitrogens with two attached hydrogens (primary N) is 1. The van der Waals surface area contributed by atoms with Crippen molar-refractivity contribution in [3.05, 3.63) is 53.7 Å². The van der Waals surface area contributed by atoms with Crippen LogP contribution in [-0.2, 0) is 13.1 Å². The van der Waals surface area contributed by atoms with E-state index < -0.39 is 0 Å². The van der Waals surface area contributed by atoms with Crippen LogP contribution in [0.3, 0.4) is 0 Å². The van der Waals surface area contributed by atoms with Gasteiger partial charge in [-0.1, -0.05) is 11.2 Å². The zero-order chi connectivity index (χ0) is 18.8. The van der Waals surface area contributed by atoms with Gasteiger partial charge in [0.2, 0.25) is 11.8 Å². The molecule has 4 aromatic rings. The van der Waals surface area contributed by atoms with E-state index in [1.54, 1.807) is 13.3 Å². The number of aryl methyl sites for hydroxylation is 1. The molecular weight excluding hydrogens is 346 g/mol. The molecule has 138 valence electrons. The third kappa shape index (κ3) is 3.39. The van der Waals surface area contributed by atoms with Crippen LogP contribution in [0.15, 0.2) is 41.2 Å². The number of fused-ring (bicyclic) bond motifs is 1. The minimum atomic E-state index is 0.207. The van der Waals surface area contributed by atoms with Crippen molar-refractivity contribution in [2.45, 2.75) is 20.0 Å². The van der Waals surface area contributed by atoms with E-state index in [4.69, 9.17) is 15.0 Å². The van der Waals surface area contributed by atoms with Crippen LogP contribution in [0.1, 0.15) is 17.0 Å². The van der Waals surface area contributed by atoms with Gasteiger partial charge in [0.1, 0.15) is 17.0 Å². The van der Waals surface area contributed by atoms with Crippen LogP contribution in [0.25, 0.3) is 11.0 Å². The minimum Gasteiger partial charge on any atom is -0.481 e. The van der Waals surface area contributed by atoms with Crippen molar-refractivity contribution in [2.75, 3.05) is 18.2 Å². The second-order valence-corrected chi connectivity index (χ2v) is 6.06. The Labute approximate surface area is 155 Å². The lowest BCUT2D eigenvalue weighted by atomic mass is 10.2. The average Bonchev–Trinajstić information content (AvgIpc) is 3.26. The van der Waals surface area contributed by atoms with Gasteiger partial charge in [0.05, 0.1) is 25.7 Å². The number of rotatable bonds is 6. The van der Waals surface area contributed by atoms with E-state index in [9.17, 15) is 0 Å². The van der Waals surface area contributed by atoms with Crippen molar-refractivity contribution in [1.82, 2.24) is 24.7 Å². The van der Waals surface area contributed by atoms with Crippen LogP contribution in [0.2, 0.25) is 0 Å². The molecule has 0 atom stereocenters. The number of ether oxygens (including phenoxy) is 1. The van der Waals surface area contributed by atoms with Gasteiger partial charge < -0.3 is 24.9 Å². The lowest BCUT2D eigenvalue weighted by Crippen LogP contribution is -2.08. The SMILES string of the molecule is COc1ncccc1Cn1ccc2nc(N)nc(NCc3cc(C)on3)c21. The zero-order valence-corrected chi connectivity index (χ0v) is 15.0. The van der Waals surface area contributed by atoms with E-state index in [0.717, 1.165) is 28.1 Å². The van der Waals surface area contributed by atoms with E-state index in [1.165, 1.54) is 0 Å². The van der Waals surface area contributed by atoms with Gasteiger partial charge in [-0.15, -0.1) is 0 Å². The molecule has 0 saturated heterocycles. The van der Waals surface area contributed by atoms with Crippen molar-refractivity contribution < 1.29 is 9.26 Å². The van der Waals surface area contributed by atoms with E-state index in [-0.39, 0.29) is 5.95 Å². The molecule has 27 heavy (non-hydrogen) atoms. The Bertz CT molecular complexity index is 1090. The molecule has 3 N–H and O–H groups in total. The highest BCUT2D eigenvalue weighted by Gasteiger charge is 2.14. The maximum atomic E-state index is 5.87. The molecule has 0 aromatic carbocycles. The molecule has 0 unspecified atom stereocenters. The topological polar surface area (TPSA) is 117 Å². The zero-order valence-electron chi connectivity index (χ0n) is 15.0. The molecule has 0 fully saturated rings. The molecule has 0 spiro atoms. The molecule has 4 rings (SSSR count). The predicted molar refractivity (Wildman–Crippen MR) is 100 cm³/mol. The standard InChI is InChI=1S/C18H19N7O2/c1-11-8-13(24-27-11)9-21-16-15-14(22-18(19)23-16)5-7-25(15)10-12-4-3-6-20-17(12)26-2/h3-8H,9-10H2,1-2H3,(H3,19,21,22,23). The lowest BCUT2D eigenvalue weighted by Gasteiger charge is -2.12. The van der Waals surface area contributed by atoms with Gasteiger partial charge in [0.25, 0.3) is 0 Å². The smallest absolute Gasteiger partial charge is 0.222 e. The Kier molecular flexibility index (Phi) is 4.33. The molecule has 4 heterocycles. The van der Waals surface area contributed by atoms with Crippen LogP contribution in [0.4, 0.5) is 11.8 Å².